The van der Waals surface area contributed by atoms with Crippen molar-refractivity contribution in [2.24, 2.45) is 0 Å². The van der Waals surface area contributed by atoms with Crippen molar-refractivity contribution in [3.05, 3.63) is 58.1 Å². The number of carbonyl (C=O) groups is 2. The van der Waals surface area contributed by atoms with Crippen LogP contribution in [0.5, 0.6) is 0 Å². The van der Waals surface area contributed by atoms with Gasteiger partial charge in [-0.3, -0.25) is 25.2 Å². The van der Waals surface area contributed by atoms with Crippen LogP contribution in [-0.2, 0) is 6.54 Å². The van der Waals surface area contributed by atoms with Crippen LogP contribution >= 0.6 is 0 Å². The number of anilines is 1. The van der Waals surface area contributed by atoms with Gasteiger partial charge in [0.15, 0.2) is 17.2 Å². The normalized spacial score (nSPS) is 10.7. The third kappa shape index (κ3) is 5.03. The van der Waals surface area contributed by atoms with Gasteiger partial charge in [-0.15, -0.1) is 10.2 Å². The fourth-order valence-corrected chi connectivity index (χ4v) is 2.99. The fourth-order valence-electron chi connectivity index (χ4n) is 2.99. The highest BCUT2D eigenvalue weighted by Crippen LogP contribution is 2.13. The van der Waals surface area contributed by atoms with E-state index in [0.29, 0.717) is 23.1 Å². The van der Waals surface area contributed by atoms with Crippen molar-refractivity contribution in [2.75, 3.05) is 19.0 Å². The second-order valence-corrected chi connectivity index (χ2v) is 7.21. The van der Waals surface area contributed by atoms with Crippen molar-refractivity contribution >= 4 is 28.4 Å². The van der Waals surface area contributed by atoms with Crippen molar-refractivity contribution in [1.29, 1.82) is 0 Å². The molecule has 0 atom stereocenters. The number of rotatable bonds is 7. The summed E-state index contributed by atoms with van der Waals surface area (Å²) in [5.41, 5.74) is 4.52. The molecular weight excluding hydrogens is 398 g/mol. The Morgan fingerprint density at radius 2 is 1.68 bits per heavy atom. The molecule has 3 rings (SSSR count). The Kier molecular flexibility index (Phi) is 6.91. The molecule has 0 bridgehead atoms. The summed E-state index contributed by atoms with van der Waals surface area (Å²) in [5.74, 6) is -0.653. The molecule has 0 radical (unpaired) electrons. The first-order valence-corrected chi connectivity index (χ1v) is 10.0. The molecule has 0 saturated carbocycles. The molecule has 31 heavy (non-hydrogen) atoms. The minimum absolute atomic E-state index is 0.0493. The average Bonchev–Trinajstić information content (AvgIpc) is 2.79. The smallest absolute Gasteiger partial charge is 0.290 e. The van der Waals surface area contributed by atoms with Gasteiger partial charge < -0.3 is 4.90 Å². The SMILES string of the molecule is CCCCCn1nc(C(=O)NNC(=O)c2ccc(N(C)C)nn2)c2ccccc2c1=O. The predicted molar refractivity (Wildman–Crippen MR) is 117 cm³/mol. The van der Waals surface area contributed by atoms with Crippen LogP contribution < -0.4 is 21.3 Å². The van der Waals surface area contributed by atoms with Crippen LogP contribution in [0.4, 0.5) is 5.82 Å². The average molecular weight is 423 g/mol. The van der Waals surface area contributed by atoms with Crippen LogP contribution in [0, 0.1) is 0 Å². The fraction of sp³-hybridized carbons (Fsp3) is 0.333. The molecule has 10 nitrogen and oxygen atoms in total. The van der Waals surface area contributed by atoms with Crippen LogP contribution in [0.1, 0.15) is 47.2 Å². The highest BCUT2D eigenvalue weighted by atomic mass is 16.2. The van der Waals surface area contributed by atoms with Crippen molar-refractivity contribution in [1.82, 2.24) is 30.8 Å². The molecule has 2 amide bonds. The quantitative estimate of drug-likeness (QED) is 0.436. The molecule has 162 valence electrons. The standard InChI is InChI=1S/C21H25N7O3/c1-4-5-8-13-28-21(31)15-10-7-6-9-14(15)18(26-28)20(30)25-24-19(29)16-11-12-17(23-22-16)27(2)3/h6-7,9-12H,4-5,8,13H2,1-3H3,(H,24,29)(H,25,30). The maximum Gasteiger partial charge on any atom is 0.290 e. The Bertz CT molecular complexity index is 1140. The molecule has 0 saturated heterocycles. The number of hydrogen-bond donors (Lipinski definition) is 2. The molecule has 0 aliphatic heterocycles. The van der Waals surface area contributed by atoms with Gasteiger partial charge in [-0.1, -0.05) is 38.0 Å². The summed E-state index contributed by atoms with van der Waals surface area (Å²) in [6.07, 6.45) is 2.73. The van der Waals surface area contributed by atoms with E-state index >= 15 is 0 Å². The Labute approximate surface area is 179 Å². The summed E-state index contributed by atoms with van der Waals surface area (Å²) in [4.78, 5) is 39.5. The van der Waals surface area contributed by atoms with Gasteiger partial charge in [0.2, 0.25) is 0 Å². The molecule has 0 spiro atoms. The van der Waals surface area contributed by atoms with Crippen molar-refractivity contribution in [3.63, 3.8) is 0 Å². The lowest BCUT2D eigenvalue weighted by Crippen LogP contribution is -2.43. The van der Waals surface area contributed by atoms with E-state index in [-0.39, 0.29) is 16.9 Å². The van der Waals surface area contributed by atoms with Crippen LogP contribution in [0.15, 0.2) is 41.2 Å². The molecule has 0 unspecified atom stereocenters. The summed E-state index contributed by atoms with van der Waals surface area (Å²) in [6.45, 7) is 2.48. The predicted octanol–water partition coefficient (Wildman–Crippen LogP) is 1.52. The van der Waals surface area contributed by atoms with Crippen LogP contribution in [-0.4, -0.2) is 45.9 Å². The van der Waals surface area contributed by atoms with Gasteiger partial charge in [0.1, 0.15) is 0 Å². The number of aromatic nitrogens is 4. The molecule has 0 fully saturated rings. The minimum Gasteiger partial charge on any atom is -0.361 e. The summed E-state index contributed by atoms with van der Waals surface area (Å²) in [5, 5.41) is 12.9. The van der Waals surface area contributed by atoms with E-state index < -0.39 is 11.8 Å². The lowest BCUT2D eigenvalue weighted by Gasteiger charge is -2.12. The first-order chi connectivity index (χ1) is 14.9. The number of unbranched alkanes of at least 4 members (excludes halogenated alkanes) is 2. The van der Waals surface area contributed by atoms with E-state index in [4.69, 9.17) is 0 Å². The second-order valence-electron chi connectivity index (χ2n) is 7.21. The summed E-state index contributed by atoms with van der Waals surface area (Å²) < 4.78 is 1.31. The number of hydrogen-bond acceptors (Lipinski definition) is 7. The molecule has 10 heteroatoms. The molecule has 2 aromatic heterocycles. The molecular formula is C21H25N7O3. The topological polar surface area (TPSA) is 122 Å². The zero-order valence-electron chi connectivity index (χ0n) is 17.8. The Hall–Kier alpha value is -3.82. The van der Waals surface area contributed by atoms with Crippen molar-refractivity contribution in [3.8, 4) is 0 Å². The highest BCUT2D eigenvalue weighted by Gasteiger charge is 2.18. The molecule has 1 aromatic carbocycles. The lowest BCUT2D eigenvalue weighted by atomic mass is 10.1. The van der Waals surface area contributed by atoms with Gasteiger partial charge in [-0.25, -0.2) is 4.68 Å². The van der Waals surface area contributed by atoms with E-state index in [1.807, 2.05) is 14.1 Å². The Morgan fingerprint density at radius 3 is 2.32 bits per heavy atom. The lowest BCUT2D eigenvalue weighted by molar-refractivity contribution is 0.0840. The zero-order chi connectivity index (χ0) is 22.4. The van der Waals surface area contributed by atoms with Gasteiger partial charge >= 0.3 is 0 Å². The zero-order valence-corrected chi connectivity index (χ0v) is 17.8. The Balaban J connectivity index is 1.80. The number of hydrazine groups is 1. The van der Waals surface area contributed by atoms with E-state index in [0.717, 1.165) is 19.3 Å². The van der Waals surface area contributed by atoms with E-state index in [2.05, 4.69) is 33.1 Å². The molecule has 0 aliphatic rings. The third-order valence-corrected chi connectivity index (χ3v) is 4.69. The molecule has 2 N–H and O–H groups in total. The highest BCUT2D eigenvalue weighted by molar-refractivity contribution is 6.05. The summed E-state index contributed by atoms with van der Waals surface area (Å²) in [7, 11) is 3.62. The van der Waals surface area contributed by atoms with E-state index in [9.17, 15) is 14.4 Å². The largest absolute Gasteiger partial charge is 0.361 e. The first-order valence-electron chi connectivity index (χ1n) is 10.0. The third-order valence-electron chi connectivity index (χ3n) is 4.69. The van der Waals surface area contributed by atoms with Gasteiger partial charge in [-0.05, 0) is 24.6 Å². The number of aryl methyl sites for hydroxylation is 1. The first kappa shape index (κ1) is 21.9. The van der Waals surface area contributed by atoms with E-state index in [1.165, 1.54) is 10.7 Å². The van der Waals surface area contributed by atoms with Crippen LogP contribution in [0.25, 0.3) is 10.8 Å². The maximum atomic E-state index is 12.8. The number of nitrogens with zero attached hydrogens (tertiary/aromatic N) is 5. The van der Waals surface area contributed by atoms with Crippen molar-refractivity contribution in [2.45, 2.75) is 32.7 Å². The number of carbonyl (C=O) groups excluding carboxylic acids is 2. The Morgan fingerprint density at radius 1 is 0.968 bits per heavy atom. The van der Waals surface area contributed by atoms with Crippen LogP contribution in [0.2, 0.25) is 0 Å². The molecule has 3 aromatic rings. The second kappa shape index (κ2) is 9.79. The van der Waals surface area contributed by atoms with Gasteiger partial charge in [0.05, 0.1) is 5.39 Å². The monoisotopic (exact) mass is 423 g/mol. The summed E-state index contributed by atoms with van der Waals surface area (Å²) >= 11 is 0. The van der Waals surface area contributed by atoms with E-state index in [1.54, 1.807) is 35.2 Å². The number of fused-ring (bicyclic) bond motifs is 1. The number of nitrogens with one attached hydrogen (secondary N) is 2. The maximum absolute atomic E-state index is 12.8. The van der Waals surface area contributed by atoms with Gasteiger partial charge in [-0.2, -0.15) is 5.10 Å². The van der Waals surface area contributed by atoms with Gasteiger partial charge in [0.25, 0.3) is 17.4 Å². The van der Waals surface area contributed by atoms with Gasteiger partial charge in [0, 0.05) is 26.0 Å². The molecule has 0 aliphatic carbocycles. The number of benzene rings is 1. The number of amides is 2. The summed E-state index contributed by atoms with van der Waals surface area (Å²) in [6, 6.07) is 9.92. The minimum atomic E-state index is -0.633. The molecule has 2 heterocycles. The van der Waals surface area contributed by atoms with Crippen molar-refractivity contribution < 1.29 is 9.59 Å². The van der Waals surface area contributed by atoms with Crippen LogP contribution in [0.3, 0.4) is 0 Å².